The Morgan fingerprint density at radius 2 is 0.519 bits per heavy atom. The van der Waals surface area contributed by atoms with Gasteiger partial charge in [0.1, 0.15) is 0 Å². The predicted molar refractivity (Wildman–Crippen MR) is 106 cm³/mol. The summed E-state index contributed by atoms with van der Waals surface area (Å²) in [7, 11) is 0. The third-order valence-corrected chi connectivity index (χ3v) is 3.48. The van der Waals surface area contributed by atoms with E-state index >= 15 is 0 Å². The smallest absolute Gasteiger partial charge is 0.333 e. The van der Waals surface area contributed by atoms with Gasteiger partial charge in [-0.1, -0.05) is 83.1 Å². The van der Waals surface area contributed by atoms with Gasteiger partial charge in [-0.15, -0.1) is 0 Å². The summed E-state index contributed by atoms with van der Waals surface area (Å²) in [6, 6.07) is 0. The van der Waals surface area contributed by atoms with E-state index in [1.54, 1.807) is 0 Å². The maximum atomic E-state index is 11.4. The summed E-state index contributed by atoms with van der Waals surface area (Å²) in [6.45, 7) is 21.7. The Morgan fingerprint density at radius 3 is 0.593 bits per heavy atom. The second-order valence-corrected chi connectivity index (χ2v) is 10.7. The summed E-state index contributed by atoms with van der Waals surface area (Å²) in [5.41, 5.74) is -1.83. The van der Waals surface area contributed by atoms with Crippen LogP contribution in [-0.2, 0) is 38.7 Å². The van der Waals surface area contributed by atoms with Crippen LogP contribution in [0, 0.1) is 34.5 Å². The van der Waals surface area contributed by atoms with Crippen molar-refractivity contribution in [3.63, 3.8) is 0 Å². The van der Waals surface area contributed by atoms with E-state index in [0.717, 1.165) is 0 Å². The third-order valence-electron chi connectivity index (χ3n) is 3.48. The van der Waals surface area contributed by atoms with Gasteiger partial charge in [-0.05, 0) is 21.7 Å². The van der Waals surface area contributed by atoms with E-state index < -0.39 is 21.7 Å². The maximum Gasteiger partial charge on any atom is 2.00 e. The number of hydrogen-bond acceptors (Lipinski definition) is 4. The van der Waals surface area contributed by atoms with Gasteiger partial charge in [0.05, 0.1) is 0 Å². The van der Waals surface area contributed by atoms with E-state index in [1.807, 2.05) is 83.1 Å². The fourth-order valence-corrected chi connectivity index (χ4v) is 1.10. The molecule has 0 heterocycles. The fraction of sp³-hybridized carbons (Fsp3) is 0.727. The van der Waals surface area contributed by atoms with Crippen LogP contribution >= 0.6 is 0 Å². The summed E-state index contributed by atoms with van der Waals surface area (Å²) in [5.74, 6) is -0.417. The average molecular weight is 432 g/mol. The third kappa shape index (κ3) is 13.8. The van der Waals surface area contributed by atoms with Crippen LogP contribution in [0.15, 0.2) is 0 Å². The van der Waals surface area contributed by atoms with Gasteiger partial charge in [-0.2, -0.15) is 0 Å². The van der Waals surface area contributed by atoms with Gasteiger partial charge in [0.25, 0.3) is 0 Å². The molecule has 0 radical (unpaired) electrons. The van der Waals surface area contributed by atoms with E-state index in [2.05, 4.69) is 0 Å². The average Bonchev–Trinajstić information content (AvgIpc) is 2.34. The molecule has 0 amide bonds. The first-order chi connectivity index (χ1) is 11.1. The second kappa shape index (κ2) is 10.6. The first-order valence-electron chi connectivity index (χ1n) is 8.97. The van der Waals surface area contributed by atoms with Gasteiger partial charge < -0.3 is 19.2 Å². The number of carbonyl (C=O) groups excluding carboxylic acids is 4. The van der Waals surface area contributed by atoms with Gasteiger partial charge in [0.15, 0.2) is 0 Å². The van der Waals surface area contributed by atoms with Crippen molar-refractivity contribution in [3.05, 3.63) is 12.8 Å². The summed E-state index contributed by atoms with van der Waals surface area (Å²) < 4.78 is 0. The first-order valence-corrected chi connectivity index (χ1v) is 8.97. The minimum Gasteiger partial charge on any atom is -0.333 e. The van der Waals surface area contributed by atoms with E-state index in [4.69, 9.17) is 0 Å². The van der Waals surface area contributed by atoms with Gasteiger partial charge in [-0.25, -0.2) is 0 Å². The molecule has 0 saturated heterocycles. The Morgan fingerprint density at radius 1 is 0.407 bits per heavy atom. The number of rotatable bonds is 4. The van der Waals surface area contributed by atoms with Crippen molar-refractivity contribution in [1.29, 1.82) is 0 Å². The molecule has 0 bridgehead atoms. The van der Waals surface area contributed by atoms with Gasteiger partial charge in [-0.3, -0.25) is 12.8 Å². The molecular weight excluding hydrogens is 394 g/mol. The van der Waals surface area contributed by atoms with E-state index in [0.29, 0.717) is 0 Å². The Labute approximate surface area is 179 Å². The molecule has 0 aliphatic rings. The largest absolute Gasteiger partial charge is 2.00 e. The molecule has 0 aliphatic carbocycles. The van der Waals surface area contributed by atoms with Crippen LogP contribution in [0.25, 0.3) is 0 Å². The molecule has 27 heavy (non-hydrogen) atoms. The number of carbonyl (C=O) groups is 4. The monoisotopic (exact) mass is 430 g/mol. The van der Waals surface area contributed by atoms with Crippen molar-refractivity contribution in [2.24, 2.45) is 21.7 Å². The Bertz CT molecular complexity index is 435. The summed E-state index contributed by atoms with van der Waals surface area (Å²) in [6.07, 6.45) is 2.44. The summed E-state index contributed by atoms with van der Waals surface area (Å²) in [5, 5.41) is 0. The second-order valence-electron chi connectivity index (χ2n) is 10.7. The van der Waals surface area contributed by atoms with E-state index in [-0.39, 0.29) is 42.6 Å². The SMILES string of the molecule is CC(C)(C)C(=O)[CH-]C(=O)C(C)(C)C.CC(C)(C)C(=O)[CH-]C(=O)C(C)(C)C.[Zn+2]. The van der Waals surface area contributed by atoms with Crippen LogP contribution in [0.5, 0.6) is 0 Å². The molecular formula is C22H38O4Zn. The van der Waals surface area contributed by atoms with Crippen LogP contribution < -0.4 is 0 Å². The van der Waals surface area contributed by atoms with Crippen molar-refractivity contribution in [2.75, 3.05) is 0 Å². The molecule has 4 nitrogen and oxygen atoms in total. The fourth-order valence-electron chi connectivity index (χ4n) is 1.10. The molecule has 0 aromatic carbocycles. The molecule has 0 spiro atoms. The van der Waals surface area contributed by atoms with Gasteiger partial charge >= 0.3 is 19.5 Å². The van der Waals surface area contributed by atoms with Crippen LogP contribution in [0.3, 0.4) is 0 Å². The van der Waals surface area contributed by atoms with Crippen LogP contribution in [-0.4, -0.2) is 23.1 Å². The number of ketones is 4. The minimum absolute atomic E-state index is 0. The summed E-state index contributed by atoms with van der Waals surface area (Å²) in [4.78, 5) is 45.8. The van der Waals surface area contributed by atoms with Crippen molar-refractivity contribution in [2.45, 2.75) is 83.1 Å². The molecule has 0 N–H and O–H groups in total. The molecule has 0 aromatic heterocycles. The zero-order valence-electron chi connectivity index (χ0n) is 19.5. The topological polar surface area (TPSA) is 68.3 Å². The van der Waals surface area contributed by atoms with Gasteiger partial charge in [0.2, 0.25) is 0 Å². The van der Waals surface area contributed by atoms with Crippen molar-refractivity contribution >= 4 is 23.1 Å². The van der Waals surface area contributed by atoms with E-state index in [1.165, 1.54) is 12.8 Å². The molecule has 0 aromatic rings. The zero-order valence-corrected chi connectivity index (χ0v) is 22.5. The molecule has 0 saturated carbocycles. The van der Waals surface area contributed by atoms with Gasteiger partial charge in [0, 0.05) is 23.1 Å². The van der Waals surface area contributed by atoms with Crippen LogP contribution in [0.4, 0.5) is 0 Å². The minimum atomic E-state index is -0.457. The van der Waals surface area contributed by atoms with E-state index in [9.17, 15) is 19.2 Å². The quantitative estimate of drug-likeness (QED) is 0.363. The zero-order chi connectivity index (χ0) is 21.7. The normalized spacial score (nSPS) is 12.0. The van der Waals surface area contributed by atoms with Crippen LogP contribution in [0.1, 0.15) is 83.1 Å². The number of hydrogen-bond donors (Lipinski definition) is 0. The molecule has 0 fully saturated rings. The molecule has 0 atom stereocenters. The predicted octanol–water partition coefficient (Wildman–Crippen LogP) is 4.84. The molecule has 0 aliphatic heterocycles. The standard InChI is InChI=1S/2C11H19O2.Zn/c2*1-10(2,3)8(12)7-9(13)11(4,5)6;/h2*7H,1-6H3;/q2*-1;+2. The Balaban J connectivity index is -0.000000411. The summed E-state index contributed by atoms with van der Waals surface area (Å²) >= 11 is 0. The first kappa shape index (κ1) is 30.8. The Kier molecular flexibility index (Phi) is 12.0. The van der Waals surface area contributed by atoms with Crippen LogP contribution in [0.2, 0.25) is 0 Å². The molecule has 152 valence electrons. The Hall–Kier alpha value is -0.957. The molecule has 5 heteroatoms. The number of Topliss-reactive ketones (excluding diaryl/α,β-unsaturated/α-hetero) is 4. The maximum absolute atomic E-state index is 11.4. The molecule has 0 unspecified atom stereocenters. The van der Waals surface area contributed by atoms with Crippen molar-refractivity contribution < 1.29 is 38.7 Å². The van der Waals surface area contributed by atoms with Crippen molar-refractivity contribution in [3.8, 4) is 0 Å². The van der Waals surface area contributed by atoms with Crippen molar-refractivity contribution in [1.82, 2.24) is 0 Å². The molecule has 0 rings (SSSR count).